The molecule has 0 aliphatic rings. The lowest BCUT2D eigenvalue weighted by molar-refractivity contribution is 0.103. The van der Waals surface area contributed by atoms with E-state index < -0.39 is 0 Å². The van der Waals surface area contributed by atoms with Gasteiger partial charge < -0.3 is 10.1 Å². The predicted molar refractivity (Wildman–Crippen MR) is 97.3 cm³/mol. The Labute approximate surface area is 141 Å². The molecule has 0 spiro atoms. The molecule has 0 atom stereocenters. The second-order valence-electron chi connectivity index (χ2n) is 5.57. The van der Waals surface area contributed by atoms with Gasteiger partial charge in [0.1, 0.15) is 5.75 Å². The number of hydrogen-bond acceptors (Lipinski definition) is 3. The van der Waals surface area contributed by atoms with Crippen LogP contribution in [0.4, 0.5) is 11.4 Å². The molecule has 3 nitrogen and oxygen atoms in total. The third kappa shape index (κ3) is 3.46. The zero-order valence-corrected chi connectivity index (χ0v) is 13.7. The van der Waals surface area contributed by atoms with Gasteiger partial charge >= 0.3 is 0 Å². The first-order valence-electron chi connectivity index (χ1n) is 7.79. The molecule has 120 valence electrons. The van der Waals surface area contributed by atoms with Gasteiger partial charge in [-0.15, -0.1) is 0 Å². The standard InChI is InChI=1S/C21H19NO2/c1-15-5-3-4-6-20(15)21(23)16-7-9-17(10-8-16)22-18-11-13-19(24-2)14-12-18/h3-14,22H,1-2H3. The van der Waals surface area contributed by atoms with E-state index in [9.17, 15) is 4.79 Å². The highest BCUT2D eigenvalue weighted by molar-refractivity contribution is 6.10. The summed E-state index contributed by atoms with van der Waals surface area (Å²) in [5, 5.41) is 3.31. The smallest absolute Gasteiger partial charge is 0.193 e. The SMILES string of the molecule is COc1ccc(Nc2ccc(C(=O)c3ccccc3C)cc2)cc1. The lowest BCUT2D eigenvalue weighted by Gasteiger charge is -2.09. The number of carbonyl (C=O) groups excluding carboxylic acids is 1. The molecule has 0 amide bonds. The first-order chi connectivity index (χ1) is 11.7. The number of hydrogen-bond donors (Lipinski definition) is 1. The van der Waals surface area contributed by atoms with Crippen molar-refractivity contribution < 1.29 is 9.53 Å². The maximum absolute atomic E-state index is 12.6. The monoisotopic (exact) mass is 317 g/mol. The minimum Gasteiger partial charge on any atom is -0.497 e. The Balaban J connectivity index is 1.75. The lowest BCUT2D eigenvalue weighted by atomic mass is 9.99. The first-order valence-corrected chi connectivity index (χ1v) is 7.79. The summed E-state index contributed by atoms with van der Waals surface area (Å²) in [6.45, 7) is 1.95. The maximum atomic E-state index is 12.6. The molecule has 0 unspecified atom stereocenters. The van der Waals surface area contributed by atoms with Gasteiger partial charge in [-0.1, -0.05) is 24.3 Å². The zero-order valence-electron chi connectivity index (χ0n) is 13.7. The molecule has 1 N–H and O–H groups in total. The molecule has 0 aliphatic carbocycles. The Bertz CT molecular complexity index is 836. The number of ether oxygens (including phenoxy) is 1. The van der Waals surface area contributed by atoms with Crippen LogP contribution in [0.3, 0.4) is 0 Å². The van der Waals surface area contributed by atoms with E-state index >= 15 is 0 Å². The van der Waals surface area contributed by atoms with E-state index in [0.29, 0.717) is 5.56 Å². The molecule has 0 aromatic heterocycles. The summed E-state index contributed by atoms with van der Waals surface area (Å²) in [6.07, 6.45) is 0. The van der Waals surface area contributed by atoms with Crippen LogP contribution < -0.4 is 10.1 Å². The molecule has 3 aromatic rings. The van der Waals surface area contributed by atoms with E-state index in [1.165, 1.54) is 0 Å². The van der Waals surface area contributed by atoms with Crippen LogP contribution in [0.2, 0.25) is 0 Å². The van der Waals surface area contributed by atoms with Crippen LogP contribution in [0.25, 0.3) is 0 Å². The fourth-order valence-electron chi connectivity index (χ4n) is 2.53. The Hall–Kier alpha value is -3.07. The molecule has 0 saturated heterocycles. The van der Waals surface area contributed by atoms with Crippen LogP contribution in [-0.4, -0.2) is 12.9 Å². The van der Waals surface area contributed by atoms with Crippen LogP contribution in [0.15, 0.2) is 72.8 Å². The summed E-state index contributed by atoms with van der Waals surface area (Å²) in [7, 11) is 1.65. The molecular weight excluding hydrogens is 298 g/mol. The molecule has 24 heavy (non-hydrogen) atoms. The number of carbonyl (C=O) groups is 1. The van der Waals surface area contributed by atoms with Gasteiger partial charge in [0.15, 0.2) is 5.78 Å². The summed E-state index contributed by atoms with van der Waals surface area (Å²) in [4.78, 5) is 12.6. The molecule has 0 aliphatic heterocycles. The third-order valence-corrected chi connectivity index (χ3v) is 3.92. The molecule has 0 heterocycles. The Kier molecular flexibility index (Phi) is 4.62. The van der Waals surface area contributed by atoms with Gasteiger partial charge in [0.2, 0.25) is 0 Å². The van der Waals surface area contributed by atoms with E-state index in [1.807, 2.05) is 79.7 Å². The third-order valence-electron chi connectivity index (χ3n) is 3.92. The van der Waals surface area contributed by atoms with Gasteiger partial charge in [0.25, 0.3) is 0 Å². The fraction of sp³-hybridized carbons (Fsp3) is 0.0952. The maximum Gasteiger partial charge on any atom is 0.193 e. The minimum absolute atomic E-state index is 0.0455. The molecule has 0 radical (unpaired) electrons. The van der Waals surface area contributed by atoms with Crippen molar-refractivity contribution in [2.75, 3.05) is 12.4 Å². The number of benzene rings is 3. The van der Waals surface area contributed by atoms with Crippen molar-refractivity contribution in [1.29, 1.82) is 0 Å². The van der Waals surface area contributed by atoms with Gasteiger partial charge in [0, 0.05) is 22.5 Å². The second kappa shape index (κ2) is 7.01. The van der Waals surface area contributed by atoms with Gasteiger partial charge in [-0.3, -0.25) is 4.79 Å². The van der Waals surface area contributed by atoms with Gasteiger partial charge in [-0.2, -0.15) is 0 Å². The van der Waals surface area contributed by atoms with Gasteiger partial charge in [-0.25, -0.2) is 0 Å². The summed E-state index contributed by atoms with van der Waals surface area (Å²) in [5.74, 6) is 0.865. The summed E-state index contributed by atoms with van der Waals surface area (Å²) in [5.41, 5.74) is 4.32. The summed E-state index contributed by atoms with van der Waals surface area (Å²) >= 11 is 0. The van der Waals surface area contributed by atoms with Crippen LogP contribution >= 0.6 is 0 Å². The number of nitrogens with one attached hydrogen (secondary N) is 1. The highest BCUT2D eigenvalue weighted by Crippen LogP contribution is 2.21. The number of aryl methyl sites for hydroxylation is 1. The predicted octanol–water partition coefficient (Wildman–Crippen LogP) is 4.98. The Morgan fingerprint density at radius 1 is 0.833 bits per heavy atom. The van der Waals surface area contributed by atoms with Crippen molar-refractivity contribution in [2.24, 2.45) is 0 Å². The van der Waals surface area contributed by atoms with Crippen LogP contribution in [0.5, 0.6) is 5.75 Å². The van der Waals surface area contributed by atoms with Crippen molar-refractivity contribution in [3.8, 4) is 5.75 Å². The van der Waals surface area contributed by atoms with E-state index in [1.54, 1.807) is 7.11 Å². The average molecular weight is 317 g/mol. The number of ketones is 1. The minimum atomic E-state index is 0.0455. The first kappa shape index (κ1) is 15.8. The Morgan fingerprint density at radius 2 is 1.42 bits per heavy atom. The van der Waals surface area contributed by atoms with E-state index in [2.05, 4.69) is 5.32 Å². The van der Waals surface area contributed by atoms with Crippen molar-refractivity contribution >= 4 is 17.2 Å². The molecule has 3 rings (SSSR count). The van der Waals surface area contributed by atoms with Crippen molar-refractivity contribution in [3.63, 3.8) is 0 Å². The molecule has 3 aromatic carbocycles. The molecular formula is C21H19NO2. The second-order valence-corrected chi connectivity index (χ2v) is 5.57. The molecule has 3 heteroatoms. The van der Waals surface area contributed by atoms with E-state index in [0.717, 1.165) is 28.3 Å². The number of anilines is 2. The number of rotatable bonds is 5. The van der Waals surface area contributed by atoms with Gasteiger partial charge in [0.05, 0.1) is 7.11 Å². The lowest BCUT2D eigenvalue weighted by Crippen LogP contribution is -2.03. The summed E-state index contributed by atoms with van der Waals surface area (Å²) in [6, 6.07) is 22.9. The van der Waals surface area contributed by atoms with Crippen molar-refractivity contribution in [2.45, 2.75) is 6.92 Å². The quantitative estimate of drug-likeness (QED) is 0.675. The van der Waals surface area contributed by atoms with Crippen LogP contribution in [0, 0.1) is 6.92 Å². The molecule has 0 fully saturated rings. The highest BCUT2D eigenvalue weighted by Gasteiger charge is 2.10. The van der Waals surface area contributed by atoms with Crippen LogP contribution in [0.1, 0.15) is 21.5 Å². The largest absolute Gasteiger partial charge is 0.497 e. The Morgan fingerprint density at radius 3 is 2.00 bits per heavy atom. The summed E-state index contributed by atoms with van der Waals surface area (Å²) < 4.78 is 5.15. The zero-order chi connectivity index (χ0) is 16.9. The average Bonchev–Trinajstić information content (AvgIpc) is 2.63. The van der Waals surface area contributed by atoms with Gasteiger partial charge in [-0.05, 0) is 61.0 Å². The molecule has 0 bridgehead atoms. The number of methoxy groups -OCH3 is 1. The fourth-order valence-corrected chi connectivity index (χ4v) is 2.53. The van der Waals surface area contributed by atoms with Crippen molar-refractivity contribution in [3.05, 3.63) is 89.5 Å². The molecule has 0 saturated carbocycles. The van der Waals surface area contributed by atoms with E-state index in [-0.39, 0.29) is 5.78 Å². The topological polar surface area (TPSA) is 38.3 Å². The van der Waals surface area contributed by atoms with Crippen molar-refractivity contribution in [1.82, 2.24) is 0 Å². The van der Waals surface area contributed by atoms with E-state index in [4.69, 9.17) is 4.74 Å². The highest BCUT2D eigenvalue weighted by atomic mass is 16.5. The normalized spacial score (nSPS) is 10.2. The van der Waals surface area contributed by atoms with Crippen LogP contribution in [-0.2, 0) is 0 Å².